The Kier molecular flexibility index (Phi) is 7.27. The molecule has 1 saturated heterocycles. The predicted molar refractivity (Wildman–Crippen MR) is 135 cm³/mol. The van der Waals surface area contributed by atoms with Crippen LogP contribution in [0.2, 0.25) is 0 Å². The van der Waals surface area contributed by atoms with Crippen molar-refractivity contribution in [2.75, 3.05) is 6.61 Å². The van der Waals surface area contributed by atoms with Gasteiger partial charge >= 0.3 is 11.9 Å². The maximum absolute atomic E-state index is 13.3. The number of imide groups is 1. The second-order valence-electron chi connectivity index (χ2n) is 12.6. The number of rotatable bonds is 7. The molecule has 1 aliphatic heterocycles. The minimum absolute atomic E-state index is 0.00710. The van der Waals surface area contributed by atoms with Crippen LogP contribution in [0.4, 0.5) is 0 Å². The molecule has 4 aliphatic carbocycles. The fourth-order valence-electron chi connectivity index (χ4n) is 8.50. The van der Waals surface area contributed by atoms with Gasteiger partial charge in [0.1, 0.15) is 5.60 Å². The third kappa shape index (κ3) is 4.51. The van der Waals surface area contributed by atoms with Gasteiger partial charge in [-0.1, -0.05) is 19.4 Å². The van der Waals surface area contributed by atoms with Crippen LogP contribution in [0.15, 0.2) is 11.6 Å². The number of nitrogens with zero attached hydrogens (tertiary/aromatic N) is 1. The van der Waals surface area contributed by atoms with E-state index < -0.39 is 66.1 Å². The van der Waals surface area contributed by atoms with Crippen LogP contribution in [0.1, 0.15) is 84.5 Å². The maximum Gasteiger partial charge on any atom is 0.333 e. The van der Waals surface area contributed by atoms with E-state index in [0.717, 1.165) is 18.4 Å². The standard InChI is InChI=1S/C29H37NO10/c1-27-11-9-17(31)13-16(27)3-4-18-19-10-12-29(38,28(19,2)14-20(32)26(18)27)21(33)15-39-24(36)7-8-25(37)40-30-22(34)5-6-23(30)35/h13,18-20,26,32,38H,3-12,14-15H2,1-2H3/t18-,19-,20-,26-,27-,28-,29-/m0/s1. The topological polar surface area (TPSA) is 165 Å². The number of esters is 1. The van der Waals surface area contributed by atoms with E-state index >= 15 is 0 Å². The number of aliphatic hydroxyl groups is 2. The van der Waals surface area contributed by atoms with Gasteiger partial charge in [-0.2, -0.15) is 0 Å². The molecule has 7 atom stereocenters. The molecule has 4 fully saturated rings. The lowest BCUT2D eigenvalue weighted by atomic mass is 9.45. The molecule has 3 saturated carbocycles. The van der Waals surface area contributed by atoms with Gasteiger partial charge in [-0.25, -0.2) is 4.79 Å². The summed E-state index contributed by atoms with van der Waals surface area (Å²) in [5, 5.41) is 23.6. The van der Waals surface area contributed by atoms with E-state index in [1.54, 1.807) is 6.08 Å². The Bertz CT molecular complexity index is 1180. The zero-order valence-corrected chi connectivity index (χ0v) is 23.0. The van der Waals surface area contributed by atoms with Crippen molar-refractivity contribution in [2.24, 2.45) is 28.6 Å². The zero-order chi connectivity index (χ0) is 29.0. The molecule has 0 aromatic heterocycles. The van der Waals surface area contributed by atoms with Gasteiger partial charge < -0.3 is 19.8 Å². The van der Waals surface area contributed by atoms with E-state index in [2.05, 4.69) is 6.92 Å². The summed E-state index contributed by atoms with van der Waals surface area (Å²) in [7, 11) is 0. The first-order valence-electron chi connectivity index (χ1n) is 14.2. The van der Waals surface area contributed by atoms with Gasteiger partial charge in [0, 0.05) is 24.7 Å². The highest BCUT2D eigenvalue weighted by Gasteiger charge is 2.68. The quantitative estimate of drug-likeness (QED) is 0.347. The fraction of sp³-hybridized carbons (Fsp3) is 0.724. The molecule has 5 aliphatic rings. The molecule has 11 heteroatoms. The summed E-state index contributed by atoms with van der Waals surface area (Å²) in [5.41, 5.74) is -1.86. The number of ketones is 2. The van der Waals surface area contributed by atoms with Crippen LogP contribution >= 0.6 is 0 Å². The molecule has 0 unspecified atom stereocenters. The van der Waals surface area contributed by atoms with Crippen LogP contribution in [0.5, 0.6) is 0 Å². The number of hydroxylamine groups is 2. The molecule has 2 amide bonds. The molecule has 11 nitrogen and oxygen atoms in total. The number of carbonyl (C=O) groups is 6. The van der Waals surface area contributed by atoms with Crippen LogP contribution in [0, 0.1) is 28.6 Å². The highest BCUT2D eigenvalue weighted by atomic mass is 16.7. The zero-order valence-electron chi connectivity index (χ0n) is 23.0. The van der Waals surface area contributed by atoms with E-state index in [-0.39, 0.29) is 54.6 Å². The molecule has 2 N–H and O–H groups in total. The number of fused-ring (bicyclic) bond motifs is 5. The average Bonchev–Trinajstić information content (AvgIpc) is 3.36. The van der Waals surface area contributed by atoms with Crippen molar-refractivity contribution >= 4 is 35.3 Å². The minimum Gasteiger partial charge on any atom is -0.458 e. The lowest BCUT2D eigenvalue weighted by Crippen LogP contribution is -2.62. The third-order valence-electron chi connectivity index (χ3n) is 10.6. The van der Waals surface area contributed by atoms with Gasteiger partial charge in [0.05, 0.1) is 18.9 Å². The maximum atomic E-state index is 13.3. The second kappa shape index (κ2) is 10.2. The molecule has 5 rings (SSSR count). The van der Waals surface area contributed by atoms with Crippen LogP contribution in [0.25, 0.3) is 0 Å². The molecule has 0 spiro atoms. The van der Waals surface area contributed by atoms with Crippen LogP contribution in [0.3, 0.4) is 0 Å². The van der Waals surface area contributed by atoms with Crippen molar-refractivity contribution in [3.05, 3.63) is 11.6 Å². The Morgan fingerprint density at radius 2 is 1.65 bits per heavy atom. The molecule has 0 aromatic rings. The molecular weight excluding hydrogens is 522 g/mol. The third-order valence-corrected chi connectivity index (χ3v) is 10.6. The second-order valence-corrected chi connectivity index (χ2v) is 12.6. The SMILES string of the molecule is C[C@]12CCC(=O)C=C1CC[C@@H]1[C@H]2[C@@H](O)C[C@@]2(C)[C@H]1CC[C@]2(O)C(=O)COC(=O)CCC(=O)ON1C(=O)CCC1=O. The molecule has 0 radical (unpaired) electrons. The fourth-order valence-corrected chi connectivity index (χ4v) is 8.50. The van der Waals surface area contributed by atoms with Gasteiger partial charge in [-0.05, 0) is 67.8 Å². The van der Waals surface area contributed by atoms with Crippen molar-refractivity contribution in [3.63, 3.8) is 0 Å². The summed E-state index contributed by atoms with van der Waals surface area (Å²) in [6.07, 6.45) is 3.74. The van der Waals surface area contributed by atoms with Crippen LogP contribution in [-0.4, -0.2) is 68.9 Å². The highest BCUT2D eigenvalue weighted by molar-refractivity contribution is 6.01. The number of carbonyl (C=O) groups excluding carboxylic acids is 6. The number of hydrogen-bond donors (Lipinski definition) is 2. The van der Waals surface area contributed by atoms with Gasteiger partial charge in [0.2, 0.25) is 5.78 Å². The number of aliphatic hydroxyl groups excluding tert-OH is 1. The van der Waals surface area contributed by atoms with E-state index in [1.807, 2.05) is 6.92 Å². The number of amides is 2. The van der Waals surface area contributed by atoms with Crippen LogP contribution in [-0.2, 0) is 38.3 Å². The summed E-state index contributed by atoms with van der Waals surface area (Å²) in [5.74, 6) is -3.55. The highest BCUT2D eigenvalue weighted by Crippen LogP contribution is 2.67. The lowest BCUT2D eigenvalue weighted by molar-refractivity contribution is -0.197. The lowest BCUT2D eigenvalue weighted by Gasteiger charge is -2.60. The molecule has 218 valence electrons. The summed E-state index contributed by atoms with van der Waals surface area (Å²) in [6.45, 7) is 3.31. The van der Waals surface area contributed by atoms with Gasteiger partial charge in [0.15, 0.2) is 12.4 Å². The number of ether oxygens (including phenoxy) is 1. The van der Waals surface area contributed by atoms with Gasteiger partial charge in [0.25, 0.3) is 11.8 Å². The van der Waals surface area contributed by atoms with E-state index in [9.17, 15) is 39.0 Å². The first-order chi connectivity index (χ1) is 18.8. The van der Waals surface area contributed by atoms with Crippen molar-refractivity contribution in [1.29, 1.82) is 0 Å². The average molecular weight is 560 g/mol. The summed E-state index contributed by atoms with van der Waals surface area (Å²) in [6, 6.07) is 0. The minimum atomic E-state index is -1.78. The predicted octanol–water partition coefficient (Wildman–Crippen LogP) is 1.72. The van der Waals surface area contributed by atoms with E-state index in [1.165, 1.54) is 0 Å². The molecule has 0 aromatic carbocycles. The first-order valence-corrected chi connectivity index (χ1v) is 14.2. The Morgan fingerprint density at radius 3 is 2.35 bits per heavy atom. The summed E-state index contributed by atoms with van der Waals surface area (Å²) in [4.78, 5) is 77.4. The Hall–Kier alpha value is -2.92. The van der Waals surface area contributed by atoms with Crippen molar-refractivity contribution in [3.8, 4) is 0 Å². The first kappa shape index (κ1) is 28.6. The van der Waals surface area contributed by atoms with Crippen molar-refractivity contribution in [1.82, 2.24) is 5.06 Å². The molecule has 40 heavy (non-hydrogen) atoms. The smallest absolute Gasteiger partial charge is 0.333 e. The summed E-state index contributed by atoms with van der Waals surface area (Å²) >= 11 is 0. The largest absolute Gasteiger partial charge is 0.458 e. The Morgan fingerprint density at radius 1 is 0.975 bits per heavy atom. The molecular formula is C29H37NO10. The van der Waals surface area contributed by atoms with Gasteiger partial charge in [-0.3, -0.25) is 24.0 Å². The number of allylic oxidation sites excluding steroid dienone is 1. The molecule has 0 bridgehead atoms. The Labute approximate surface area is 232 Å². The number of Topliss-reactive ketones (excluding diaryl/α,β-unsaturated/α-hetero) is 1. The molecule has 1 heterocycles. The number of hydrogen-bond acceptors (Lipinski definition) is 10. The normalized spacial score (nSPS) is 38.8. The van der Waals surface area contributed by atoms with Crippen molar-refractivity contribution < 1.29 is 48.6 Å². The van der Waals surface area contributed by atoms with Crippen molar-refractivity contribution in [2.45, 2.75) is 96.2 Å². The van der Waals surface area contributed by atoms with E-state index in [0.29, 0.717) is 24.3 Å². The van der Waals surface area contributed by atoms with Gasteiger partial charge in [-0.15, -0.1) is 5.06 Å². The monoisotopic (exact) mass is 559 g/mol. The van der Waals surface area contributed by atoms with Crippen LogP contribution < -0.4 is 0 Å². The summed E-state index contributed by atoms with van der Waals surface area (Å²) < 4.78 is 5.09. The Balaban J connectivity index is 1.20. The van der Waals surface area contributed by atoms with E-state index in [4.69, 9.17) is 9.57 Å².